The Morgan fingerprint density at radius 1 is 0.947 bits per heavy atom. The van der Waals surface area contributed by atoms with Crippen molar-refractivity contribution in [1.82, 2.24) is 4.98 Å². The lowest BCUT2D eigenvalue weighted by atomic mass is 9.83. The molecule has 4 aromatic rings. The van der Waals surface area contributed by atoms with E-state index in [4.69, 9.17) is 9.47 Å². The normalized spacial score (nSPS) is 20.3. The van der Waals surface area contributed by atoms with E-state index in [2.05, 4.69) is 4.98 Å². The van der Waals surface area contributed by atoms with Crippen LogP contribution in [0.5, 0.6) is 11.5 Å². The van der Waals surface area contributed by atoms with Crippen molar-refractivity contribution in [2.75, 3.05) is 12.0 Å². The number of nitrogens with zero attached hydrogens (tertiary/aromatic N) is 1. The van der Waals surface area contributed by atoms with Crippen LogP contribution in [0.2, 0.25) is 0 Å². The predicted octanol–water partition coefficient (Wildman–Crippen LogP) is 4.96. The average molecular weight is 549 g/mol. The van der Waals surface area contributed by atoms with Crippen molar-refractivity contribution in [3.63, 3.8) is 0 Å². The van der Waals surface area contributed by atoms with E-state index >= 15 is 0 Å². The second kappa shape index (κ2) is 9.77. The number of methoxy groups -OCH3 is 1. The van der Waals surface area contributed by atoms with Crippen LogP contribution in [-0.2, 0) is 16.2 Å². The first-order chi connectivity index (χ1) is 18.4. The molecular formula is C28H21FN2O5S2. The summed E-state index contributed by atoms with van der Waals surface area (Å²) in [5.74, 6) is -1.54. The van der Waals surface area contributed by atoms with Crippen molar-refractivity contribution >= 4 is 40.6 Å². The zero-order valence-electron chi connectivity index (χ0n) is 20.1. The molecule has 2 amide bonds. The number of benzene rings is 3. The smallest absolute Gasteiger partial charge is 0.305 e. The van der Waals surface area contributed by atoms with Gasteiger partial charge in [-0.2, -0.15) is 0 Å². The van der Waals surface area contributed by atoms with Crippen LogP contribution in [0, 0.1) is 11.7 Å². The lowest BCUT2D eigenvalue weighted by Crippen LogP contribution is -2.32. The molecule has 1 N–H and O–H groups in total. The summed E-state index contributed by atoms with van der Waals surface area (Å²) in [5, 5.41) is -0.160. The number of aromatic amines is 1. The average Bonchev–Trinajstić information content (AvgIpc) is 3.42. The van der Waals surface area contributed by atoms with Crippen LogP contribution in [0.3, 0.4) is 0 Å². The Hall–Kier alpha value is -3.89. The van der Waals surface area contributed by atoms with Crippen LogP contribution in [0.15, 0.2) is 82.6 Å². The maximum atomic E-state index is 13.8. The van der Waals surface area contributed by atoms with E-state index in [0.29, 0.717) is 33.7 Å². The number of fused-ring (bicyclic) bond motifs is 2. The molecule has 0 saturated carbocycles. The number of rotatable bonds is 6. The van der Waals surface area contributed by atoms with E-state index in [9.17, 15) is 18.8 Å². The van der Waals surface area contributed by atoms with Gasteiger partial charge in [-0.1, -0.05) is 59.5 Å². The Balaban J connectivity index is 1.38. The van der Waals surface area contributed by atoms with Gasteiger partial charge in [-0.25, -0.2) is 9.29 Å². The van der Waals surface area contributed by atoms with Crippen LogP contribution >= 0.6 is 23.1 Å². The topological polar surface area (TPSA) is 88.7 Å². The standard InChI is InChI=1S/C28H21FN2O5S2/c1-35-20-13-16(7-12-19(20)36-14-15-5-3-2-4-6-15)21-22-24(37-25-23(21)38-28(34)30-25)27(33)31(26(22)32)18-10-8-17(29)9-11-18/h2-13,21-22,24H,14H2,1H3,(H,30,34). The van der Waals surface area contributed by atoms with Gasteiger partial charge >= 0.3 is 4.87 Å². The van der Waals surface area contributed by atoms with Crippen LogP contribution in [0.1, 0.15) is 21.9 Å². The number of thioether (sulfide) groups is 1. The molecule has 10 heteroatoms. The fourth-order valence-corrected chi connectivity index (χ4v) is 7.47. The molecule has 3 atom stereocenters. The molecule has 0 bridgehead atoms. The van der Waals surface area contributed by atoms with E-state index in [1.165, 1.54) is 43.1 Å². The first-order valence-corrected chi connectivity index (χ1v) is 13.5. The van der Waals surface area contributed by atoms with Gasteiger partial charge < -0.3 is 14.5 Å². The first kappa shape index (κ1) is 24.4. The number of anilines is 1. The second-order valence-corrected chi connectivity index (χ2v) is 11.1. The molecule has 3 unspecified atom stereocenters. The summed E-state index contributed by atoms with van der Waals surface area (Å²) in [6.07, 6.45) is 0. The molecule has 3 aromatic carbocycles. The minimum absolute atomic E-state index is 0.252. The Bertz CT molecular complexity index is 1590. The van der Waals surface area contributed by atoms with Crippen molar-refractivity contribution in [3.05, 3.63) is 104 Å². The quantitative estimate of drug-likeness (QED) is 0.343. The summed E-state index contributed by atoms with van der Waals surface area (Å²) in [4.78, 5) is 44.0. The highest BCUT2D eigenvalue weighted by molar-refractivity contribution is 8.00. The van der Waals surface area contributed by atoms with E-state index < -0.39 is 28.8 Å². The van der Waals surface area contributed by atoms with Gasteiger partial charge in [0.05, 0.1) is 23.7 Å². The minimum Gasteiger partial charge on any atom is -0.493 e. The molecule has 3 heterocycles. The number of aromatic nitrogens is 1. The SMILES string of the molecule is COc1cc(C2c3sc(=O)[nH]c3SC3C(=O)N(c4ccc(F)cc4)C(=O)C32)ccc1OCc1ccccc1. The van der Waals surface area contributed by atoms with Gasteiger partial charge in [-0.3, -0.25) is 14.4 Å². The number of thiazole rings is 1. The number of H-pyrrole nitrogens is 1. The van der Waals surface area contributed by atoms with Gasteiger partial charge in [0, 0.05) is 10.8 Å². The number of ether oxygens (including phenoxy) is 2. The summed E-state index contributed by atoms with van der Waals surface area (Å²) in [6.45, 7) is 0.352. The first-order valence-electron chi connectivity index (χ1n) is 11.8. The highest BCUT2D eigenvalue weighted by Crippen LogP contribution is 2.53. The van der Waals surface area contributed by atoms with Gasteiger partial charge in [0.2, 0.25) is 11.8 Å². The van der Waals surface area contributed by atoms with E-state index in [-0.39, 0.29) is 10.8 Å². The van der Waals surface area contributed by atoms with Gasteiger partial charge in [0.15, 0.2) is 11.5 Å². The van der Waals surface area contributed by atoms with Gasteiger partial charge in [-0.05, 0) is 47.5 Å². The van der Waals surface area contributed by atoms with Crippen LogP contribution in [0.25, 0.3) is 0 Å². The summed E-state index contributed by atoms with van der Waals surface area (Å²) in [6, 6.07) is 20.4. The molecule has 1 fully saturated rings. The van der Waals surface area contributed by atoms with Crippen LogP contribution < -0.4 is 19.2 Å². The number of halogens is 1. The fourth-order valence-electron chi connectivity index (χ4n) is 4.95. The molecule has 38 heavy (non-hydrogen) atoms. The van der Waals surface area contributed by atoms with Crippen LogP contribution in [0.4, 0.5) is 10.1 Å². The van der Waals surface area contributed by atoms with Gasteiger partial charge in [0.25, 0.3) is 0 Å². The predicted molar refractivity (Wildman–Crippen MR) is 143 cm³/mol. The third-order valence-corrected chi connectivity index (χ3v) is 9.09. The molecule has 1 saturated heterocycles. The van der Waals surface area contributed by atoms with Crippen molar-refractivity contribution < 1.29 is 23.5 Å². The largest absolute Gasteiger partial charge is 0.493 e. The molecule has 2 aliphatic rings. The molecule has 192 valence electrons. The van der Waals surface area contributed by atoms with Crippen LogP contribution in [-0.4, -0.2) is 29.2 Å². The Morgan fingerprint density at radius 2 is 1.71 bits per heavy atom. The molecule has 0 aliphatic carbocycles. The summed E-state index contributed by atoms with van der Waals surface area (Å²) < 4.78 is 25.2. The van der Waals surface area contributed by atoms with Crippen molar-refractivity contribution in [3.8, 4) is 11.5 Å². The van der Waals surface area contributed by atoms with Crippen molar-refractivity contribution in [2.45, 2.75) is 22.8 Å². The van der Waals surface area contributed by atoms with Gasteiger partial charge in [-0.15, -0.1) is 0 Å². The van der Waals surface area contributed by atoms with E-state index in [1.54, 1.807) is 12.1 Å². The molecular weight excluding hydrogens is 527 g/mol. The van der Waals surface area contributed by atoms with E-state index in [0.717, 1.165) is 27.4 Å². The van der Waals surface area contributed by atoms with E-state index in [1.807, 2.05) is 36.4 Å². The van der Waals surface area contributed by atoms with Crippen molar-refractivity contribution in [2.24, 2.45) is 5.92 Å². The number of nitrogens with one attached hydrogen (secondary N) is 1. The second-order valence-electron chi connectivity index (χ2n) is 8.92. The maximum absolute atomic E-state index is 13.8. The molecule has 7 nitrogen and oxygen atoms in total. The maximum Gasteiger partial charge on any atom is 0.305 e. The minimum atomic E-state index is -0.753. The molecule has 0 spiro atoms. The number of imide groups is 1. The Morgan fingerprint density at radius 3 is 2.45 bits per heavy atom. The highest BCUT2D eigenvalue weighted by atomic mass is 32.2. The zero-order valence-corrected chi connectivity index (χ0v) is 21.7. The fraction of sp³-hybridized carbons (Fsp3) is 0.179. The summed E-state index contributed by atoms with van der Waals surface area (Å²) >= 11 is 2.23. The third-order valence-electron chi connectivity index (χ3n) is 6.69. The zero-order chi connectivity index (χ0) is 26.4. The highest BCUT2D eigenvalue weighted by Gasteiger charge is 2.56. The van der Waals surface area contributed by atoms with Crippen molar-refractivity contribution in [1.29, 1.82) is 0 Å². The number of carbonyl (C=O) groups is 2. The number of hydrogen-bond acceptors (Lipinski definition) is 7. The molecule has 6 rings (SSSR count). The summed E-state index contributed by atoms with van der Waals surface area (Å²) in [5.41, 5.74) is 2.04. The number of hydrogen-bond donors (Lipinski definition) is 1. The molecule has 2 aliphatic heterocycles. The molecule has 0 radical (unpaired) electrons. The Kier molecular flexibility index (Phi) is 6.29. The summed E-state index contributed by atoms with van der Waals surface area (Å²) in [7, 11) is 1.54. The molecule has 1 aromatic heterocycles. The lowest BCUT2D eigenvalue weighted by molar-refractivity contribution is -0.122. The number of carbonyl (C=O) groups excluding carboxylic acids is 2. The lowest BCUT2D eigenvalue weighted by Gasteiger charge is -2.30. The monoisotopic (exact) mass is 548 g/mol. The Labute approximate surface area is 225 Å². The van der Waals surface area contributed by atoms with Gasteiger partial charge in [0.1, 0.15) is 17.7 Å². The third kappa shape index (κ3) is 4.19. The number of amides is 2.